The van der Waals surface area contributed by atoms with Crippen LogP contribution in [-0.4, -0.2) is 28.9 Å². The van der Waals surface area contributed by atoms with Crippen LogP contribution in [0.1, 0.15) is 47.6 Å². The van der Waals surface area contributed by atoms with Crippen LogP contribution in [0.15, 0.2) is 5.38 Å². The fraction of sp³-hybridized carbons (Fsp3) is 0.667. The lowest BCUT2D eigenvalue weighted by molar-refractivity contribution is 0.0691. The maximum atomic E-state index is 12.2. The van der Waals surface area contributed by atoms with E-state index >= 15 is 0 Å². The number of aromatic nitrogens is 1. The van der Waals surface area contributed by atoms with Crippen LogP contribution in [0.2, 0.25) is 0 Å². The zero-order valence-electron chi connectivity index (χ0n) is 10.6. The van der Waals surface area contributed by atoms with Gasteiger partial charge in [0.1, 0.15) is 10.7 Å². The molecule has 1 aliphatic carbocycles. The van der Waals surface area contributed by atoms with Crippen LogP contribution in [0.25, 0.3) is 0 Å². The van der Waals surface area contributed by atoms with Gasteiger partial charge in [0.25, 0.3) is 5.91 Å². The molecule has 0 saturated heterocycles. The lowest BCUT2D eigenvalue weighted by atomic mass is 9.94. The number of carbonyl (C=O) groups is 1. The Kier molecular flexibility index (Phi) is 6.05. The van der Waals surface area contributed by atoms with Crippen molar-refractivity contribution in [3.63, 3.8) is 0 Å². The Bertz CT molecular complexity index is 390. The molecule has 6 heteroatoms. The van der Waals surface area contributed by atoms with Gasteiger partial charge in [-0.3, -0.25) is 4.79 Å². The molecule has 0 aliphatic heterocycles. The number of hydrogen-bond donors (Lipinski definition) is 1. The second-order valence-corrected chi connectivity index (χ2v) is 5.48. The first-order chi connectivity index (χ1) is 8.22. The number of nitrogens with two attached hydrogens (primary N) is 1. The Morgan fingerprint density at radius 3 is 2.72 bits per heavy atom. The van der Waals surface area contributed by atoms with Crippen LogP contribution in [0.4, 0.5) is 0 Å². The van der Waals surface area contributed by atoms with Crippen molar-refractivity contribution in [1.29, 1.82) is 0 Å². The molecule has 1 aliphatic rings. The van der Waals surface area contributed by atoms with Gasteiger partial charge in [-0.1, -0.05) is 19.3 Å². The van der Waals surface area contributed by atoms with Crippen LogP contribution in [-0.2, 0) is 6.54 Å². The van der Waals surface area contributed by atoms with Gasteiger partial charge in [0, 0.05) is 25.0 Å². The molecule has 0 aromatic carbocycles. The summed E-state index contributed by atoms with van der Waals surface area (Å²) in [6, 6.07) is 0.388. The molecule has 18 heavy (non-hydrogen) atoms. The Morgan fingerprint density at radius 1 is 1.50 bits per heavy atom. The van der Waals surface area contributed by atoms with Crippen molar-refractivity contribution in [3.05, 3.63) is 16.1 Å². The summed E-state index contributed by atoms with van der Waals surface area (Å²) < 4.78 is 0. The van der Waals surface area contributed by atoms with E-state index in [9.17, 15) is 4.79 Å². The fourth-order valence-electron chi connectivity index (χ4n) is 2.32. The van der Waals surface area contributed by atoms with Gasteiger partial charge in [-0.2, -0.15) is 0 Å². The topological polar surface area (TPSA) is 59.2 Å². The lowest BCUT2D eigenvalue weighted by Gasteiger charge is -2.30. The Morgan fingerprint density at radius 2 is 2.17 bits per heavy atom. The van der Waals surface area contributed by atoms with Gasteiger partial charge in [0.2, 0.25) is 0 Å². The summed E-state index contributed by atoms with van der Waals surface area (Å²) in [5.74, 6) is 0.0350. The Labute approximate surface area is 118 Å². The SMILES string of the molecule is CN(C(=O)c1csc(CN)n1)C1CCCCC1.Cl. The predicted octanol–water partition coefficient (Wildman–Crippen LogP) is 2.43. The highest BCUT2D eigenvalue weighted by molar-refractivity contribution is 7.09. The fourth-order valence-corrected chi connectivity index (χ4v) is 2.97. The molecule has 1 aromatic rings. The molecule has 1 aromatic heterocycles. The van der Waals surface area contributed by atoms with E-state index in [1.165, 1.54) is 30.6 Å². The molecule has 1 saturated carbocycles. The highest BCUT2D eigenvalue weighted by Crippen LogP contribution is 2.23. The number of thiazole rings is 1. The third-order valence-electron chi connectivity index (χ3n) is 3.39. The molecule has 1 heterocycles. The van der Waals surface area contributed by atoms with E-state index in [1.807, 2.05) is 17.3 Å². The molecular weight excluding hydrogens is 270 g/mol. The highest BCUT2D eigenvalue weighted by atomic mass is 35.5. The summed E-state index contributed by atoms with van der Waals surface area (Å²) in [5, 5.41) is 2.63. The van der Waals surface area contributed by atoms with Crippen molar-refractivity contribution < 1.29 is 4.79 Å². The highest BCUT2D eigenvalue weighted by Gasteiger charge is 2.24. The molecule has 0 spiro atoms. The number of rotatable bonds is 3. The first-order valence-electron chi connectivity index (χ1n) is 6.14. The van der Waals surface area contributed by atoms with Crippen molar-refractivity contribution >= 4 is 29.7 Å². The third kappa shape index (κ3) is 3.43. The van der Waals surface area contributed by atoms with E-state index in [1.54, 1.807) is 0 Å². The average molecular weight is 290 g/mol. The monoisotopic (exact) mass is 289 g/mol. The molecule has 0 radical (unpaired) electrons. The number of hydrogen-bond acceptors (Lipinski definition) is 4. The van der Waals surface area contributed by atoms with Crippen LogP contribution in [0.5, 0.6) is 0 Å². The van der Waals surface area contributed by atoms with E-state index in [0.717, 1.165) is 17.8 Å². The minimum atomic E-state index is 0. The zero-order valence-corrected chi connectivity index (χ0v) is 12.2. The van der Waals surface area contributed by atoms with Crippen molar-refractivity contribution in [3.8, 4) is 0 Å². The Hall–Kier alpha value is -0.650. The van der Waals surface area contributed by atoms with Gasteiger partial charge >= 0.3 is 0 Å². The number of carbonyl (C=O) groups excluding carboxylic acids is 1. The molecule has 0 bridgehead atoms. The van der Waals surface area contributed by atoms with E-state index in [0.29, 0.717) is 18.3 Å². The van der Waals surface area contributed by atoms with E-state index in [2.05, 4.69) is 4.98 Å². The van der Waals surface area contributed by atoms with Crippen molar-refractivity contribution in [2.75, 3.05) is 7.05 Å². The number of halogens is 1. The normalized spacial score (nSPS) is 16.1. The second-order valence-electron chi connectivity index (χ2n) is 4.54. The summed E-state index contributed by atoms with van der Waals surface area (Å²) >= 11 is 1.46. The third-order valence-corrected chi connectivity index (χ3v) is 4.26. The quantitative estimate of drug-likeness (QED) is 0.930. The van der Waals surface area contributed by atoms with Gasteiger partial charge in [0.05, 0.1) is 0 Å². The first kappa shape index (κ1) is 15.4. The molecule has 1 amide bonds. The van der Waals surface area contributed by atoms with Crippen molar-refractivity contribution in [2.24, 2.45) is 5.73 Å². The molecule has 2 N–H and O–H groups in total. The van der Waals surface area contributed by atoms with Crippen molar-refractivity contribution in [2.45, 2.75) is 44.7 Å². The summed E-state index contributed by atoms with van der Waals surface area (Å²) in [4.78, 5) is 18.3. The molecule has 0 atom stereocenters. The smallest absolute Gasteiger partial charge is 0.273 e. The molecule has 2 rings (SSSR count). The summed E-state index contributed by atoms with van der Waals surface area (Å²) in [6.45, 7) is 0.408. The van der Waals surface area contributed by atoms with E-state index in [-0.39, 0.29) is 18.3 Å². The minimum absolute atomic E-state index is 0. The predicted molar refractivity (Wildman–Crippen MR) is 76.2 cm³/mol. The van der Waals surface area contributed by atoms with Gasteiger partial charge in [0.15, 0.2) is 0 Å². The summed E-state index contributed by atoms with van der Waals surface area (Å²) in [7, 11) is 1.89. The maximum absolute atomic E-state index is 12.2. The van der Waals surface area contributed by atoms with Crippen LogP contribution >= 0.6 is 23.7 Å². The molecule has 102 valence electrons. The summed E-state index contributed by atoms with van der Waals surface area (Å²) in [5.41, 5.74) is 6.05. The summed E-state index contributed by atoms with van der Waals surface area (Å²) in [6.07, 6.45) is 6.00. The molecule has 1 fully saturated rings. The number of nitrogens with zero attached hydrogens (tertiary/aromatic N) is 2. The van der Waals surface area contributed by atoms with Gasteiger partial charge in [-0.15, -0.1) is 23.7 Å². The van der Waals surface area contributed by atoms with Gasteiger partial charge in [-0.05, 0) is 12.8 Å². The first-order valence-corrected chi connectivity index (χ1v) is 7.02. The molecule has 4 nitrogen and oxygen atoms in total. The second kappa shape index (κ2) is 7.07. The van der Waals surface area contributed by atoms with Crippen molar-refractivity contribution in [1.82, 2.24) is 9.88 Å². The average Bonchev–Trinajstić information content (AvgIpc) is 2.87. The lowest BCUT2D eigenvalue weighted by Crippen LogP contribution is -2.38. The van der Waals surface area contributed by atoms with Gasteiger partial charge < -0.3 is 10.6 Å². The maximum Gasteiger partial charge on any atom is 0.273 e. The van der Waals surface area contributed by atoms with Gasteiger partial charge in [-0.25, -0.2) is 4.98 Å². The van der Waals surface area contributed by atoms with Crippen LogP contribution in [0, 0.1) is 0 Å². The Balaban J connectivity index is 0.00000162. The number of amides is 1. The standard InChI is InChI=1S/C12H19N3OS.ClH/c1-15(9-5-3-2-4-6-9)12(16)10-8-17-11(7-13)14-10;/h8-9H,2-7,13H2,1H3;1H. The van der Waals surface area contributed by atoms with E-state index in [4.69, 9.17) is 5.73 Å². The zero-order chi connectivity index (χ0) is 12.3. The molecular formula is C12H20ClN3OS. The molecule has 0 unspecified atom stereocenters. The van der Waals surface area contributed by atoms with Crippen LogP contribution < -0.4 is 5.73 Å². The minimum Gasteiger partial charge on any atom is -0.337 e. The largest absolute Gasteiger partial charge is 0.337 e. The van der Waals surface area contributed by atoms with Crippen LogP contribution in [0.3, 0.4) is 0 Å². The van der Waals surface area contributed by atoms with E-state index < -0.39 is 0 Å².